The highest BCUT2D eigenvalue weighted by molar-refractivity contribution is 7.09. The molecule has 5 heterocycles. The molecule has 0 aliphatic heterocycles. The number of pyridine rings is 2. The van der Waals surface area contributed by atoms with Crippen LogP contribution < -0.4 is 5.32 Å². The Morgan fingerprint density at radius 1 is 1.20 bits per heavy atom. The summed E-state index contributed by atoms with van der Waals surface area (Å²) in [4.78, 5) is 18.7. The van der Waals surface area contributed by atoms with E-state index in [1.807, 2.05) is 51.8 Å². The first-order valence-corrected chi connectivity index (χ1v) is 10.5. The SMILES string of the molecule is Cc1cc(C(=O)NCCc2nnc3ccccn23)c2cnn(Cc3cccs3)c2n1. The second-order valence-electron chi connectivity index (χ2n) is 6.98. The van der Waals surface area contributed by atoms with Gasteiger partial charge >= 0.3 is 0 Å². The van der Waals surface area contributed by atoms with Crippen LogP contribution in [0.5, 0.6) is 0 Å². The fourth-order valence-electron chi connectivity index (χ4n) is 3.47. The monoisotopic (exact) mass is 417 g/mol. The van der Waals surface area contributed by atoms with Gasteiger partial charge in [0.05, 0.1) is 23.7 Å². The molecule has 8 nitrogen and oxygen atoms in total. The molecule has 0 aliphatic carbocycles. The number of rotatable bonds is 6. The molecule has 150 valence electrons. The van der Waals surface area contributed by atoms with Gasteiger partial charge in [-0.05, 0) is 36.6 Å². The third-order valence-corrected chi connectivity index (χ3v) is 5.75. The summed E-state index contributed by atoms with van der Waals surface area (Å²) in [5, 5.41) is 18.6. The van der Waals surface area contributed by atoms with Gasteiger partial charge in [0, 0.05) is 29.7 Å². The number of hydrogen-bond acceptors (Lipinski definition) is 6. The molecule has 0 fully saturated rings. The maximum Gasteiger partial charge on any atom is 0.252 e. The largest absolute Gasteiger partial charge is 0.352 e. The quantitative estimate of drug-likeness (QED) is 0.459. The van der Waals surface area contributed by atoms with E-state index >= 15 is 0 Å². The van der Waals surface area contributed by atoms with E-state index in [4.69, 9.17) is 0 Å². The first kappa shape index (κ1) is 18.4. The van der Waals surface area contributed by atoms with E-state index in [0.717, 1.165) is 28.2 Å². The molecule has 5 rings (SSSR count). The number of carbonyl (C=O) groups is 1. The number of nitrogens with zero attached hydrogens (tertiary/aromatic N) is 6. The molecule has 0 unspecified atom stereocenters. The zero-order chi connectivity index (χ0) is 20.5. The standard InChI is InChI=1S/C21H19N7OS/c1-14-11-16(17-12-23-28(20(17)24-14)13-15-5-4-10-30-15)21(29)22-8-7-19-26-25-18-6-2-3-9-27(18)19/h2-6,9-12H,7-8,13H2,1H3,(H,22,29). The number of aryl methyl sites for hydroxylation is 1. The summed E-state index contributed by atoms with van der Waals surface area (Å²) in [6.07, 6.45) is 4.22. The van der Waals surface area contributed by atoms with Crippen molar-refractivity contribution in [3.8, 4) is 0 Å². The first-order valence-electron chi connectivity index (χ1n) is 9.61. The smallest absolute Gasteiger partial charge is 0.252 e. The van der Waals surface area contributed by atoms with Crippen LogP contribution in [0.15, 0.2) is 54.2 Å². The van der Waals surface area contributed by atoms with E-state index in [9.17, 15) is 4.79 Å². The molecule has 1 N–H and O–H groups in total. The van der Waals surface area contributed by atoms with Crippen molar-refractivity contribution in [2.24, 2.45) is 0 Å². The number of fused-ring (bicyclic) bond motifs is 2. The molecule has 0 bridgehead atoms. The highest BCUT2D eigenvalue weighted by atomic mass is 32.1. The van der Waals surface area contributed by atoms with Crippen molar-refractivity contribution < 1.29 is 4.79 Å². The van der Waals surface area contributed by atoms with E-state index in [1.165, 1.54) is 4.88 Å². The van der Waals surface area contributed by atoms with Crippen LogP contribution in [-0.2, 0) is 13.0 Å². The van der Waals surface area contributed by atoms with Gasteiger partial charge in [0.1, 0.15) is 5.82 Å². The molecule has 0 radical (unpaired) electrons. The number of amides is 1. The number of aromatic nitrogens is 6. The van der Waals surface area contributed by atoms with Gasteiger partial charge in [-0.1, -0.05) is 12.1 Å². The number of hydrogen-bond donors (Lipinski definition) is 1. The second kappa shape index (κ2) is 7.68. The average Bonchev–Trinajstić information content (AvgIpc) is 3.49. The predicted molar refractivity (Wildman–Crippen MR) is 115 cm³/mol. The van der Waals surface area contributed by atoms with Gasteiger partial charge in [-0.2, -0.15) is 5.10 Å². The fourth-order valence-corrected chi connectivity index (χ4v) is 4.16. The maximum atomic E-state index is 12.9. The predicted octanol–water partition coefficient (Wildman–Crippen LogP) is 2.86. The molecular weight excluding hydrogens is 398 g/mol. The Kier molecular flexibility index (Phi) is 4.72. The lowest BCUT2D eigenvalue weighted by Gasteiger charge is -2.08. The lowest BCUT2D eigenvalue weighted by atomic mass is 10.1. The molecule has 5 aromatic heterocycles. The van der Waals surface area contributed by atoms with E-state index < -0.39 is 0 Å². The third kappa shape index (κ3) is 3.43. The zero-order valence-electron chi connectivity index (χ0n) is 16.3. The summed E-state index contributed by atoms with van der Waals surface area (Å²) < 4.78 is 3.77. The van der Waals surface area contributed by atoms with Gasteiger partial charge in [-0.3, -0.25) is 9.20 Å². The minimum Gasteiger partial charge on any atom is -0.352 e. The molecule has 0 aromatic carbocycles. The third-order valence-electron chi connectivity index (χ3n) is 4.89. The van der Waals surface area contributed by atoms with Crippen LogP contribution in [0.2, 0.25) is 0 Å². The van der Waals surface area contributed by atoms with Gasteiger partial charge in [0.2, 0.25) is 0 Å². The van der Waals surface area contributed by atoms with E-state index in [0.29, 0.717) is 25.1 Å². The molecule has 0 spiro atoms. The fraction of sp³-hybridized carbons (Fsp3) is 0.190. The molecule has 0 saturated heterocycles. The van der Waals surface area contributed by atoms with E-state index in [-0.39, 0.29) is 5.91 Å². The Morgan fingerprint density at radius 2 is 2.13 bits per heavy atom. The highest BCUT2D eigenvalue weighted by Gasteiger charge is 2.16. The molecular formula is C21H19N7OS. The van der Waals surface area contributed by atoms with Crippen molar-refractivity contribution in [3.63, 3.8) is 0 Å². The van der Waals surface area contributed by atoms with Crippen LogP contribution >= 0.6 is 11.3 Å². The highest BCUT2D eigenvalue weighted by Crippen LogP contribution is 2.20. The van der Waals surface area contributed by atoms with Crippen LogP contribution in [0.1, 0.15) is 26.8 Å². The maximum absolute atomic E-state index is 12.9. The minimum absolute atomic E-state index is 0.144. The molecule has 0 atom stereocenters. The van der Waals surface area contributed by atoms with Crippen molar-refractivity contribution in [1.29, 1.82) is 0 Å². The number of carbonyl (C=O) groups excluding carboxylic acids is 1. The molecule has 1 amide bonds. The second-order valence-corrected chi connectivity index (χ2v) is 8.01. The van der Waals surface area contributed by atoms with Crippen molar-refractivity contribution in [1.82, 2.24) is 34.7 Å². The van der Waals surface area contributed by atoms with Crippen LogP contribution in [0.4, 0.5) is 0 Å². The molecule has 5 aromatic rings. The molecule has 0 saturated carbocycles. The normalized spacial score (nSPS) is 11.4. The Balaban J connectivity index is 1.34. The Bertz CT molecular complexity index is 1340. The summed E-state index contributed by atoms with van der Waals surface area (Å²) >= 11 is 1.67. The van der Waals surface area contributed by atoms with Crippen molar-refractivity contribution in [2.75, 3.05) is 6.54 Å². The molecule has 0 aliphatic rings. The van der Waals surface area contributed by atoms with Gasteiger partial charge in [0.15, 0.2) is 11.3 Å². The van der Waals surface area contributed by atoms with Crippen LogP contribution in [0, 0.1) is 6.92 Å². The van der Waals surface area contributed by atoms with Crippen molar-refractivity contribution in [2.45, 2.75) is 19.9 Å². The van der Waals surface area contributed by atoms with Crippen LogP contribution in [-0.4, -0.2) is 41.8 Å². The minimum atomic E-state index is -0.144. The van der Waals surface area contributed by atoms with Crippen LogP contribution in [0.3, 0.4) is 0 Å². The van der Waals surface area contributed by atoms with E-state index in [1.54, 1.807) is 23.6 Å². The number of thiophene rings is 1. The summed E-state index contributed by atoms with van der Waals surface area (Å²) in [6, 6.07) is 11.6. The molecule has 30 heavy (non-hydrogen) atoms. The van der Waals surface area contributed by atoms with Gasteiger partial charge in [-0.15, -0.1) is 21.5 Å². The molecule has 9 heteroatoms. The lowest BCUT2D eigenvalue weighted by Crippen LogP contribution is -2.26. The summed E-state index contributed by atoms with van der Waals surface area (Å²) in [5.74, 6) is 0.667. The van der Waals surface area contributed by atoms with Crippen molar-refractivity contribution in [3.05, 3.63) is 76.1 Å². The Hall–Kier alpha value is -3.59. The Labute approximate surface area is 176 Å². The zero-order valence-corrected chi connectivity index (χ0v) is 17.1. The van der Waals surface area contributed by atoms with E-state index in [2.05, 4.69) is 31.7 Å². The van der Waals surface area contributed by atoms with Crippen molar-refractivity contribution >= 4 is 33.9 Å². The summed E-state index contributed by atoms with van der Waals surface area (Å²) in [6.45, 7) is 2.99. The Morgan fingerprint density at radius 3 is 3.00 bits per heavy atom. The first-order chi connectivity index (χ1) is 14.7. The summed E-state index contributed by atoms with van der Waals surface area (Å²) in [5.41, 5.74) is 2.88. The van der Waals surface area contributed by atoms with Crippen LogP contribution in [0.25, 0.3) is 16.7 Å². The lowest BCUT2D eigenvalue weighted by molar-refractivity contribution is 0.0955. The topological polar surface area (TPSA) is 90.0 Å². The average molecular weight is 417 g/mol. The van der Waals surface area contributed by atoms with Gasteiger partial charge in [0.25, 0.3) is 5.91 Å². The number of nitrogens with one attached hydrogen (secondary N) is 1. The van der Waals surface area contributed by atoms with Gasteiger partial charge in [-0.25, -0.2) is 9.67 Å². The summed E-state index contributed by atoms with van der Waals surface area (Å²) in [7, 11) is 0. The van der Waals surface area contributed by atoms with Gasteiger partial charge < -0.3 is 5.32 Å².